The normalized spacial score (nSPS) is 16.0. The van der Waals surface area contributed by atoms with E-state index in [1.807, 2.05) is 19.9 Å². The smallest absolute Gasteiger partial charge is 0.341 e. The number of nitrogens with one attached hydrogen (secondary N) is 1. The molecule has 27 heavy (non-hydrogen) atoms. The number of carbonyl (C=O) groups excluding carboxylic acids is 1. The molecule has 1 aliphatic rings. The van der Waals surface area contributed by atoms with E-state index >= 15 is 0 Å². The number of carbonyl (C=O) groups is 1. The lowest BCUT2D eigenvalue weighted by atomic mass is 9.81. The van der Waals surface area contributed by atoms with E-state index in [2.05, 4.69) is 51.5 Å². The van der Waals surface area contributed by atoms with Crippen molar-refractivity contribution >= 4 is 11.9 Å². The second-order valence-electron chi connectivity index (χ2n) is 6.39. The third-order valence-electron chi connectivity index (χ3n) is 4.68. The molecule has 2 heterocycles. The van der Waals surface area contributed by atoms with Gasteiger partial charge in [0.25, 0.3) is 0 Å². The largest absolute Gasteiger partial charge is 0.462 e. The molecular weight excluding hydrogens is 340 g/mol. The van der Waals surface area contributed by atoms with Crippen molar-refractivity contribution in [1.29, 1.82) is 0 Å². The van der Waals surface area contributed by atoms with Gasteiger partial charge in [0.1, 0.15) is 0 Å². The maximum Gasteiger partial charge on any atom is 0.341 e. The van der Waals surface area contributed by atoms with Gasteiger partial charge in [-0.15, -0.1) is 0 Å². The van der Waals surface area contributed by atoms with E-state index in [1.54, 1.807) is 6.92 Å². The van der Waals surface area contributed by atoms with Gasteiger partial charge in [-0.1, -0.05) is 44.2 Å². The summed E-state index contributed by atoms with van der Waals surface area (Å²) < 4.78 is 4.97. The number of nitrogens with zero attached hydrogens (tertiary/aromatic N) is 3. The van der Waals surface area contributed by atoms with E-state index in [0.717, 1.165) is 25.9 Å². The topological polar surface area (TPSA) is 67.3 Å². The Morgan fingerprint density at radius 1 is 1.15 bits per heavy atom. The summed E-state index contributed by atoms with van der Waals surface area (Å²) in [6, 6.07) is 10.4. The number of rotatable bonds is 5. The molecule has 1 saturated heterocycles. The molecule has 0 radical (unpaired) electrons. The minimum atomic E-state index is -0.397. The minimum absolute atomic E-state index is 0.195. The zero-order valence-electron chi connectivity index (χ0n) is 16.7. The zero-order chi connectivity index (χ0) is 19.7. The third-order valence-corrected chi connectivity index (χ3v) is 4.68. The van der Waals surface area contributed by atoms with Gasteiger partial charge in [-0.05, 0) is 32.4 Å². The molecule has 0 bridgehead atoms. The number of piperidine rings is 1. The standard InChI is InChI=1S/C19H24N4O2.C2H6/c1-3-25-17(24)15-13-20-18(21-14-15)22-19(9-11-23(2)12-10-19)16-7-5-4-6-8-16;1-2/h4-8,13-14H,3,9-12H2,1-2H3,(H,20,21,22);1-2H3. The van der Waals surface area contributed by atoms with E-state index in [-0.39, 0.29) is 5.54 Å². The highest BCUT2D eigenvalue weighted by atomic mass is 16.5. The lowest BCUT2D eigenvalue weighted by Crippen LogP contribution is -2.46. The summed E-state index contributed by atoms with van der Waals surface area (Å²) in [5.74, 6) is 0.132. The van der Waals surface area contributed by atoms with Crippen LogP contribution in [0.25, 0.3) is 0 Å². The fraction of sp³-hybridized carbons (Fsp3) is 0.476. The van der Waals surface area contributed by atoms with Crippen LogP contribution in [0.3, 0.4) is 0 Å². The average molecular weight is 370 g/mol. The highest BCUT2D eigenvalue weighted by Crippen LogP contribution is 2.35. The van der Waals surface area contributed by atoms with Crippen LogP contribution in [0.15, 0.2) is 42.7 Å². The van der Waals surface area contributed by atoms with Crippen molar-refractivity contribution in [3.05, 3.63) is 53.9 Å². The lowest BCUT2D eigenvalue weighted by molar-refractivity contribution is 0.0525. The van der Waals surface area contributed by atoms with E-state index in [9.17, 15) is 4.79 Å². The summed E-state index contributed by atoms with van der Waals surface area (Å²) in [7, 11) is 2.14. The molecule has 0 spiro atoms. The first kappa shape index (κ1) is 20.8. The predicted octanol–water partition coefficient (Wildman–Crippen LogP) is 3.71. The SMILES string of the molecule is CC.CCOC(=O)c1cnc(NC2(c3ccccc3)CCN(C)CC2)nc1. The zero-order valence-corrected chi connectivity index (χ0v) is 16.7. The molecule has 1 aromatic heterocycles. The summed E-state index contributed by atoms with van der Waals surface area (Å²) in [5.41, 5.74) is 1.41. The Balaban J connectivity index is 0.00000126. The Morgan fingerprint density at radius 2 is 1.74 bits per heavy atom. The van der Waals surface area contributed by atoms with Crippen LogP contribution in [0.1, 0.15) is 49.5 Å². The number of ether oxygens (including phenoxy) is 1. The van der Waals surface area contributed by atoms with Crippen LogP contribution in [0.2, 0.25) is 0 Å². The Hall–Kier alpha value is -2.47. The number of aromatic nitrogens is 2. The van der Waals surface area contributed by atoms with Crippen LogP contribution in [-0.4, -0.2) is 47.6 Å². The molecule has 1 N–H and O–H groups in total. The molecule has 2 aromatic rings. The number of hydrogen-bond donors (Lipinski definition) is 1. The number of benzene rings is 1. The van der Waals surface area contributed by atoms with Crippen molar-refractivity contribution in [2.75, 3.05) is 32.1 Å². The first-order valence-electron chi connectivity index (χ1n) is 9.64. The molecule has 0 unspecified atom stereocenters. The lowest BCUT2D eigenvalue weighted by Gasteiger charge is -2.41. The van der Waals surface area contributed by atoms with Gasteiger partial charge in [-0.25, -0.2) is 14.8 Å². The van der Waals surface area contributed by atoms with Crippen molar-refractivity contribution in [3.8, 4) is 0 Å². The van der Waals surface area contributed by atoms with Crippen LogP contribution < -0.4 is 5.32 Å². The molecular formula is C21H30N4O2. The molecule has 1 aromatic carbocycles. The first-order valence-corrected chi connectivity index (χ1v) is 9.64. The highest BCUT2D eigenvalue weighted by molar-refractivity contribution is 5.88. The molecule has 3 rings (SSSR count). The van der Waals surface area contributed by atoms with Gasteiger partial charge in [0.05, 0.1) is 17.7 Å². The van der Waals surface area contributed by atoms with Gasteiger partial charge in [0, 0.05) is 25.5 Å². The van der Waals surface area contributed by atoms with E-state index in [1.165, 1.54) is 18.0 Å². The number of esters is 1. The molecule has 0 aliphatic carbocycles. The van der Waals surface area contributed by atoms with Crippen molar-refractivity contribution in [1.82, 2.24) is 14.9 Å². The third kappa shape index (κ3) is 5.26. The van der Waals surface area contributed by atoms with Gasteiger partial charge < -0.3 is 15.0 Å². The summed E-state index contributed by atoms with van der Waals surface area (Å²) in [6.45, 7) is 8.12. The molecule has 6 nitrogen and oxygen atoms in total. The van der Waals surface area contributed by atoms with Gasteiger partial charge in [-0.3, -0.25) is 0 Å². The molecule has 146 valence electrons. The van der Waals surface area contributed by atoms with Crippen LogP contribution in [0.5, 0.6) is 0 Å². The van der Waals surface area contributed by atoms with Gasteiger partial charge >= 0.3 is 5.97 Å². The number of anilines is 1. The molecule has 1 fully saturated rings. The Morgan fingerprint density at radius 3 is 2.30 bits per heavy atom. The van der Waals surface area contributed by atoms with Gasteiger partial charge in [0.15, 0.2) is 0 Å². The maximum absolute atomic E-state index is 11.7. The number of hydrogen-bond acceptors (Lipinski definition) is 6. The second-order valence-corrected chi connectivity index (χ2v) is 6.39. The fourth-order valence-electron chi connectivity index (χ4n) is 3.17. The molecule has 0 amide bonds. The Bertz CT molecular complexity index is 696. The monoisotopic (exact) mass is 370 g/mol. The van der Waals surface area contributed by atoms with Crippen LogP contribution in [-0.2, 0) is 10.3 Å². The first-order chi connectivity index (χ1) is 13.1. The van der Waals surface area contributed by atoms with Crippen molar-refractivity contribution in [3.63, 3.8) is 0 Å². The fourth-order valence-corrected chi connectivity index (χ4v) is 3.17. The van der Waals surface area contributed by atoms with Crippen LogP contribution in [0, 0.1) is 0 Å². The van der Waals surface area contributed by atoms with Crippen LogP contribution >= 0.6 is 0 Å². The van der Waals surface area contributed by atoms with E-state index < -0.39 is 5.97 Å². The Labute approximate surface area is 162 Å². The molecule has 0 atom stereocenters. The summed E-state index contributed by atoms with van der Waals surface area (Å²) in [6.07, 6.45) is 4.97. The molecule has 0 saturated carbocycles. The predicted molar refractivity (Wildman–Crippen MR) is 108 cm³/mol. The molecule has 1 aliphatic heterocycles. The number of likely N-dealkylation sites (tertiary alicyclic amines) is 1. The van der Waals surface area contributed by atoms with Gasteiger partial charge in [0.2, 0.25) is 5.95 Å². The van der Waals surface area contributed by atoms with Gasteiger partial charge in [-0.2, -0.15) is 0 Å². The highest BCUT2D eigenvalue weighted by Gasteiger charge is 2.36. The van der Waals surface area contributed by atoms with Crippen molar-refractivity contribution in [2.45, 2.75) is 39.2 Å². The quantitative estimate of drug-likeness (QED) is 0.809. The Kier molecular flexibility index (Phi) is 7.73. The maximum atomic E-state index is 11.7. The van der Waals surface area contributed by atoms with E-state index in [0.29, 0.717) is 18.1 Å². The summed E-state index contributed by atoms with van der Waals surface area (Å²) in [5, 5.41) is 3.53. The molecule has 6 heteroatoms. The van der Waals surface area contributed by atoms with Crippen molar-refractivity contribution < 1.29 is 9.53 Å². The second kappa shape index (κ2) is 10.0. The minimum Gasteiger partial charge on any atom is -0.462 e. The van der Waals surface area contributed by atoms with Crippen molar-refractivity contribution in [2.24, 2.45) is 0 Å². The van der Waals surface area contributed by atoms with Crippen LogP contribution in [0.4, 0.5) is 5.95 Å². The summed E-state index contributed by atoms with van der Waals surface area (Å²) >= 11 is 0. The summed E-state index contributed by atoms with van der Waals surface area (Å²) in [4.78, 5) is 22.7. The average Bonchev–Trinajstić information content (AvgIpc) is 2.73. The van der Waals surface area contributed by atoms with E-state index in [4.69, 9.17) is 4.74 Å².